The van der Waals surface area contributed by atoms with Crippen molar-refractivity contribution in [2.75, 3.05) is 33.4 Å². The van der Waals surface area contributed by atoms with E-state index in [0.717, 1.165) is 0 Å². The second kappa shape index (κ2) is 8.01. The molecule has 8 heteroatoms. The number of ether oxygens (including phenoxy) is 2. The molecular weight excluding hydrogens is 336 g/mol. The Morgan fingerprint density at radius 3 is 2.62 bits per heavy atom. The molecule has 3 rings (SSSR count). The number of rotatable bonds is 5. The molecule has 8 nitrogen and oxygen atoms in total. The van der Waals surface area contributed by atoms with Gasteiger partial charge < -0.3 is 9.47 Å². The van der Waals surface area contributed by atoms with Crippen LogP contribution in [0.25, 0.3) is 5.69 Å². The van der Waals surface area contributed by atoms with Gasteiger partial charge in [0.15, 0.2) is 0 Å². The van der Waals surface area contributed by atoms with Gasteiger partial charge in [0, 0.05) is 0 Å². The number of hydrogen-bond donors (Lipinski definition) is 1. The second-order valence-corrected chi connectivity index (χ2v) is 5.95. The number of carbonyl (C=O) groups excluding carboxylic acids is 1. The van der Waals surface area contributed by atoms with E-state index >= 15 is 0 Å². The minimum absolute atomic E-state index is 0.0309. The van der Waals surface area contributed by atoms with Crippen molar-refractivity contribution in [3.63, 3.8) is 0 Å². The van der Waals surface area contributed by atoms with Crippen molar-refractivity contribution >= 4 is 11.7 Å². The zero-order valence-electron chi connectivity index (χ0n) is 14.9. The molecule has 2 heterocycles. The number of esters is 1. The van der Waals surface area contributed by atoms with Gasteiger partial charge in [-0.25, -0.2) is 4.68 Å². The van der Waals surface area contributed by atoms with Crippen LogP contribution in [-0.2, 0) is 20.7 Å². The lowest BCUT2D eigenvalue weighted by molar-refractivity contribution is -0.139. The summed E-state index contributed by atoms with van der Waals surface area (Å²) in [5, 5.41) is 9.46. The van der Waals surface area contributed by atoms with Gasteiger partial charge in [-0.1, -0.05) is 18.2 Å². The predicted molar refractivity (Wildman–Crippen MR) is 96.7 cm³/mol. The fourth-order valence-electron chi connectivity index (χ4n) is 2.87. The van der Waals surface area contributed by atoms with Gasteiger partial charge in [-0.3, -0.25) is 19.7 Å². The molecule has 0 radical (unpaired) electrons. The molecule has 1 aromatic carbocycles. The van der Waals surface area contributed by atoms with Crippen molar-refractivity contribution in [3.05, 3.63) is 51.9 Å². The number of carbonyl (C=O) groups is 1. The van der Waals surface area contributed by atoms with Gasteiger partial charge in [-0.2, -0.15) is 5.10 Å². The van der Waals surface area contributed by atoms with Crippen molar-refractivity contribution in [2.24, 2.45) is 5.10 Å². The van der Waals surface area contributed by atoms with Crippen LogP contribution < -0.4 is 5.56 Å². The zero-order valence-corrected chi connectivity index (χ0v) is 14.9. The molecule has 0 amide bonds. The number of hydrogen-bond acceptors (Lipinski definition) is 6. The molecule has 0 spiro atoms. The molecule has 1 aromatic heterocycles. The highest BCUT2D eigenvalue weighted by molar-refractivity contribution is 6.00. The first kappa shape index (κ1) is 17.9. The summed E-state index contributed by atoms with van der Waals surface area (Å²) in [5.74, 6) is -0.424. The summed E-state index contributed by atoms with van der Waals surface area (Å²) in [4.78, 5) is 24.8. The standard InChI is InChI=1S/C18H22N4O4/c1-13(19-21-8-10-26-11-9-21)17-15(12-16(23)25-2)20-22(18(17)24)14-6-4-3-5-7-14/h3-7,20H,8-12H2,1-2H3. The summed E-state index contributed by atoms with van der Waals surface area (Å²) in [6, 6.07) is 9.20. The first-order valence-electron chi connectivity index (χ1n) is 8.44. The summed E-state index contributed by atoms with van der Waals surface area (Å²) in [6.45, 7) is 4.32. The maximum atomic E-state index is 13.0. The fraction of sp³-hybridized carbons (Fsp3) is 0.389. The summed E-state index contributed by atoms with van der Waals surface area (Å²) in [7, 11) is 1.32. The smallest absolute Gasteiger partial charge is 0.311 e. The van der Waals surface area contributed by atoms with Gasteiger partial charge in [0.1, 0.15) is 0 Å². The molecule has 1 saturated heterocycles. The number of para-hydroxylation sites is 1. The van der Waals surface area contributed by atoms with Gasteiger partial charge in [0.25, 0.3) is 5.56 Å². The molecule has 1 N–H and O–H groups in total. The van der Waals surface area contributed by atoms with E-state index in [1.807, 2.05) is 35.3 Å². The van der Waals surface area contributed by atoms with Crippen LogP contribution in [-0.4, -0.2) is 59.9 Å². The van der Waals surface area contributed by atoms with Crippen LogP contribution >= 0.6 is 0 Å². The van der Waals surface area contributed by atoms with Crippen LogP contribution in [0.5, 0.6) is 0 Å². The van der Waals surface area contributed by atoms with E-state index in [9.17, 15) is 9.59 Å². The Kier molecular flexibility index (Phi) is 5.52. The Hall–Kier alpha value is -2.87. The van der Waals surface area contributed by atoms with E-state index < -0.39 is 5.97 Å². The first-order chi connectivity index (χ1) is 12.6. The van der Waals surface area contributed by atoms with Gasteiger partial charge in [0.2, 0.25) is 0 Å². The minimum atomic E-state index is -0.424. The molecule has 26 heavy (non-hydrogen) atoms. The number of aromatic amines is 1. The number of benzene rings is 1. The maximum absolute atomic E-state index is 13.0. The molecule has 1 aliphatic heterocycles. The van der Waals surface area contributed by atoms with E-state index in [0.29, 0.717) is 49.0 Å². The zero-order chi connectivity index (χ0) is 18.5. The van der Waals surface area contributed by atoms with Crippen LogP contribution in [0.15, 0.2) is 40.2 Å². The van der Waals surface area contributed by atoms with E-state index in [2.05, 4.69) is 10.2 Å². The Morgan fingerprint density at radius 2 is 1.96 bits per heavy atom. The van der Waals surface area contributed by atoms with Crippen LogP contribution in [0, 0.1) is 0 Å². The van der Waals surface area contributed by atoms with Crippen molar-refractivity contribution in [1.29, 1.82) is 0 Å². The fourth-order valence-corrected chi connectivity index (χ4v) is 2.87. The summed E-state index contributed by atoms with van der Waals surface area (Å²) >= 11 is 0. The van der Waals surface area contributed by atoms with Crippen molar-refractivity contribution < 1.29 is 14.3 Å². The molecule has 138 valence electrons. The second-order valence-electron chi connectivity index (χ2n) is 5.95. The van der Waals surface area contributed by atoms with Crippen molar-refractivity contribution in [3.8, 4) is 5.69 Å². The SMILES string of the molecule is COC(=O)Cc1[nH]n(-c2ccccc2)c(=O)c1C(C)=NN1CCOCC1. The highest BCUT2D eigenvalue weighted by atomic mass is 16.5. The predicted octanol–water partition coefficient (Wildman–Crippen LogP) is 0.937. The minimum Gasteiger partial charge on any atom is -0.469 e. The Morgan fingerprint density at radius 1 is 1.27 bits per heavy atom. The lowest BCUT2D eigenvalue weighted by atomic mass is 10.1. The van der Waals surface area contributed by atoms with Crippen molar-refractivity contribution in [2.45, 2.75) is 13.3 Å². The molecule has 1 fully saturated rings. The molecule has 0 saturated carbocycles. The van der Waals surface area contributed by atoms with Crippen LogP contribution in [0.1, 0.15) is 18.2 Å². The summed E-state index contributed by atoms with van der Waals surface area (Å²) in [6.07, 6.45) is -0.0309. The molecule has 0 bridgehead atoms. The van der Waals surface area contributed by atoms with E-state index in [1.165, 1.54) is 11.8 Å². The van der Waals surface area contributed by atoms with Gasteiger partial charge in [0.05, 0.1) is 62.5 Å². The number of nitrogens with zero attached hydrogens (tertiary/aromatic N) is 3. The molecule has 0 atom stereocenters. The molecular formula is C18H22N4O4. The molecule has 0 aliphatic carbocycles. The maximum Gasteiger partial charge on any atom is 0.311 e. The van der Waals surface area contributed by atoms with E-state index in [-0.39, 0.29) is 12.0 Å². The monoisotopic (exact) mass is 358 g/mol. The van der Waals surface area contributed by atoms with Gasteiger partial charge in [-0.05, 0) is 19.1 Å². The molecule has 0 unspecified atom stereocenters. The van der Waals surface area contributed by atoms with Crippen LogP contribution in [0.2, 0.25) is 0 Å². The van der Waals surface area contributed by atoms with E-state index in [1.54, 1.807) is 6.92 Å². The lowest BCUT2D eigenvalue weighted by Gasteiger charge is -2.24. The van der Waals surface area contributed by atoms with Crippen molar-refractivity contribution in [1.82, 2.24) is 14.8 Å². The van der Waals surface area contributed by atoms with Crippen LogP contribution in [0.3, 0.4) is 0 Å². The van der Waals surface area contributed by atoms with Gasteiger partial charge in [-0.15, -0.1) is 0 Å². The Labute approximate surface area is 151 Å². The largest absolute Gasteiger partial charge is 0.469 e. The van der Waals surface area contributed by atoms with Crippen LogP contribution in [0.4, 0.5) is 0 Å². The number of methoxy groups -OCH3 is 1. The highest BCUT2D eigenvalue weighted by Crippen LogP contribution is 2.11. The Balaban J connectivity index is 2.03. The average molecular weight is 358 g/mol. The third-order valence-electron chi connectivity index (χ3n) is 4.17. The number of morpholine rings is 1. The summed E-state index contributed by atoms with van der Waals surface area (Å²) in [5.41, 5.74) is 1.88. The normalized spacial score (nSPS) is 15.2. The quantitative estimate of drug-likeness (QED) is 0.635. The highest BCUT2D eigenvalue weighted by Gasteiger charge is 2.21. The molecule has 2 aromatic rings. The lowest BCUT2D eigenvalue weighted by Crippen LogP contribution is -2.33. The number of aromatic nitrogens is 2. The Bertz CT molecular complexity index is 848. The first-order valence-corrected chi connectivity index (χ1v) is 8.44. The topological polar surface area (TPSA) is 88.9 Å². The molecule has 1 aliphatic rings. The number of nitrogens with one attached hydrogen (secondary N) is 1. The van der Waals surface area contributed by atoms with E-state index in [4.69, 9.17) is 9.47 Å². The third kappa shape index (κ3) is 3.85. The average Bonchev–Trinajstić information content (AvgIpc) is 2.99. The van der Waals surface area contributed by atoms with Gasteiger partial charge >= 0.3 is 5.97 Å². The number of hydrazone groups is 1. The summed E-state index contributed by atoms with van der Waals surface area (Å²) < 4.78 is 11.5. The third-order valence-corrected chi connectivity index (χ3v) is 4.17. The number of H-pyrrole nitrogens is 1.